The molecule has 2 nitrogen and oxygen atoms in total. The molecule has 1 aliphatic carbocycles. The lowest BCUT2D eigenvalue weighted by atomic mass is 9.87. The van der Waals surface area contributed by atoms with E-state index in [-0.39, 0.29) is 0 Å². The molecule has 2 aromatic carbocycles. The topological polar surface area (TPSA) is 29.5 Å². The van der Waals surface area contributed by atoms with Crippen LogP contribution in [0.15, 0.2) is 36.4 Å². The molecule has 0 aromatic heterocycles. The van der Waals surface area contributed by atoms with Gasteiger partial charge >= 0.3 is 0 Å². The third kappa shape index (κ3) is 1.90. The van der Waals surface area contributed by atoms with Gasteiger partial charge in [-0.3, -0.25) is 0 Å². The molecule has 1 unspecified atom stereocenters. The minimum Gasteiger partial charge on any atom is -0.497 e. The maximum atomic E-state index is 14.3. The molecule has 0 radical (unpaired) electrons. The molecule has 1 atom stereocenters. The van der Waals surface area contributed by atoms with Crippen molar-refractivity contribution in [3.05, 3.63) is 64.5 Å². The summed E-state index contributed by atoms with van der Waals surface area (Å²) < 4.78 is 19.3. The molecule has 104 valence electrons. The van der Waals surface area contributed by atoms with Gasteiger partial charge in [0.2, 0.25) is 0 Å². The normalized spacial score (nSPS) is 20.8. The first kappa shape index (κ1) is 13.1. The second-order valence-electron chi connectivity index (χ2n) is 5.37. The van der Waals surface area contributed by atoms with Crippen LogP contribution in [0.4, 0.5) is 4.39 Å². The van der Waals surface area contributed by atoms with Crippen LogP contribution in [0.3, 0.4) is 0 Å². The van der Waals surface area contributed by atoms with Gasteiger partial charge in [-0.1, -0.05) is 23.8 Å². The van der Waals surface area contributed by atoms with Crippen LogP contribution < -0.4 is 4.74 Å². The molecule has 0 aliphatic heterocycles. The molecule has 0 heterocycles. The number of benzene rings is 2. The van der Waals surface area contributed by atoms with E-state index in [9.17, 15) is 9.50 Å². The number of ether oxygens (including phenoxy) is 1. The highest BCUT2D eigenvalue weighted by molar-refractivity contribution is 5.48. The van der Waals surface area contributed by atoms with Crippen LogP contribution in [-0.4, -0.2) is 12.2 Å². The fraction of sp³-hybridized carbons (Fsp3) is 0.294. The highest BCUT2D eigenvalue weighted by Gasteiger charge is 2.40. The van der Waals surface area contributed by atoms with E-state index in [4.69, 9.17) is 4.74 Å². The van der Waals surface area contributed by atoms with Gasteiger partial charge in [0.05, 0.1) is 7.11 Å². The van der Waals surface area contributed by atoms with E-state index in [1.807, 2.05) is 25.1 Å². The van der Waals surface area contributed by atoms with Crippen molar-refractivity contribution < 1.29 is 14.2 Å². The quantitative estimate of drug-likeness (QED) is 0.908. The number of hydrogen-bond acceptors (Lipinski definition) is 2. The van der Waals surface area contributed by atoms with Crippen LogP contribution >= 0.6 is 0 Å². The van der Waals surface area contributed by atoms with Gasteiger partial charge in [-0.2, -0.15) is 0 Å². The van der Waals surface area contributed by atoms with E-state index in [2.05, 4.69) is 0 Å². The summed E-state index contributed by atoms with van der Waals surface area (Å²) >= 11 is 0. The SMILES string of the molecule is COc1ccc(C2(O)CCc3ccc(C)cc32)c(F)c1. The Morgan fingerprint density at radius 1 is 1.15 bits per heavy atom. The van der Waals surface area contributed by atoms with Crippen molar-refractivity contribution in [2.75, 3.05) is 7.11 Å². The fourth-order valence-electron chi connectivity index (χ4n) is 2.98. The molecular formula is C17H17FO2. The molecule has 0 spiro atoms. The Bertz CT molecular complexity index is 666. The van der Waals surface area contributed by atoms with Gasteiger partial charge in [-0.05, 0) is 43.0 Å². The first-order chi connectivity index (χ1) is 9.54. The van der Waals surface area contributed by atoms with Crippen molar-refractivity contribution in [3.8, 4) is 5.75 Å². The van der Waals surface area contributed by atoms with Crippen molar-refractivity contribution in [2.45, 2.75) is 25.4 Å². The second kappa shape index (κ2) is 4.60. The number of hydrogen-bond donors (Lipinski definition) is 1. The maximum absolute atomic E-state index is 14.3. The average molecular weight is 272 g/mol. The van der Waals surface area contributed by atoms with Crippen molar-refractivity contribution >= 4 is 0 Å². The first-order valence-electron chi connectivity index (χ1n) is 6.71. The second-order valence-corrected chi connectivity index (χ2v) is 5.37. The monoisotopic (exact) mass is 272 g/mol. The van der Waals surface area contributed by atoms with Crippen molar-refractivity contribution in [2.24, 2.45) is 0 Å². The van der Waals surface area contributed by atoms with Gasteiger partial charge in [0.15, 0.2) is 0 Å². The molecule has 2 aromatic rings. The summed E-state index contributed by atoms with van der Waals surface area (Å²) in [4.78, 5) is 0. The number of aliphatic hydroxyl groups is 1. The van der Waals surface area contributed by atoms with Crippen LogP contribution in [0.5, 0.6) is 5.75 Å². The lowest BCUT2D eigenvalue weighted by Crippen LogP contribution is -2.25. The Labute approximate surface area is 117 Å². The molecule has 1 aliphatic rings. The minimum atomic E-state index is -1.24. The van der Waals surface area contributed by atoms with E-state index in [1.54, 1.807) is 12.1 Å². The zero-order valence-electron chi connectivity index (χ0n) is 11.6. The molecule has 20 heavy (non-hydrogen) atoms. The summed E-state index contributed by atoms with van der Waals surface area (Å²) in [7, 11) is 1.50. The van der Waals surface area contributed by atoms with Gasteiger partial charge in [0.25, 0.3) is 0 Å². The molecule has 0 fully saturated rings. The maximum Gasteiger partial charge on any atom is 0.133 e. The van der Waals surface area contributed by atoms with Crippen LogP contribution in [0, 0.1) is 12.7 Å². The third-order valence-electron chi connectivity index (χ3n) is 4.09. The summed E-state index contributed by atoms with van der Waals surface area (Å²) in [5.41, 5.74) is 2.06. The van der Waals surface area contributed by atoms with E-state index in [0.717, 1.165) is 23.1 Å². The largest absolute Gasteiger partial charge is 0.497 e. The molecule has 0 amide bonds. The van der Waals surface area contributed by atoms with Crippen molar-refractivity contribution in [1.29, 1.82) is 0 Å². The van der Waals surface area contributed by atoms with E-state index < -0.39 is 11.4 Å². The summed E-state index contributed by atoms with van der Waals surface area (Å²) in [6, 6.07) is 10.6. The Morgan fingerprint density at radius 3 is 2.65 bits per heavy atom. The molecule has 3 heteroatoms. The van der Waals surface area contributed by atoms with Crippen LogP contribution in [-0.2, 0) is 12.0 Å². The van der Waals surface area contributed by atoms with Gasteiger partial charge in [0.1, 0.15) is 17.2 Å². The van der Waals surface area contributed by atoms with E-state index in [0.29, 0.717) is 17.7 Å². The molecule has 0 saturated heterocycles. The zero-order chi connectivity index (χ0) is 14.3. The lowest BCUT2D eigenvalue weighted by Gasteiger charge is -2.25. The predicted octanol–water partition coefficient (Wildman–Crippen LogP) is 3.32. The van der Waals surface area contributed by atoms with Crippen molar-refractivity contribution in [1.82, 2.24) is 0 Å². The molecule has 1 N–H and O–H groups in total. The first-order valence-corrected chi connectivity index (χ1v) is 6.71. The van der Waals surface area contributed by atoms with Crippen LogP contribution in [0.1, 0.15) is 28.7 Å². The van der Waals surface area contributed by atoms with Gasteiger partial charge < -0.3 is 9.84 Å². The number of halogens is 1. The Kier molecular flexibility index (Phi) is 3.02. The highest BCUT2D eigenvalue weighted by atomic mass is 19.1. The highest BCUT2D eigenvalue weighted by Crippen LogP contribution is 2.43. The number of rotatable bonds is 2. The molecular weight excluding hydrogens is 255 g/mol. The number of methoxy groups -OCH3 is 1. The molecule has 3 rings (SSSR count). The zero-order valence-corrected chi connectivity index (χ0v) is 11.6. The fourth-order valence-corrected chi connectivity index (χ4v) is 2.98. The average Bonchev–Trinajstić information content (AvgIpc) is 2.77. The summed E-state index contributed by atoms with van der Waals surface area (Å²) in [5.74, 6) is 0.0264. The third-order valence-corrected chi connectivity index (χ3v) is 4.09. The minimum absolute atomic E-state index is 0.322. The van der Waals surface area contributed by atoms with Gasteiger partial charge in [-0.15, -0.1) is 0 Å². The predicted molar refractivity (Wildman–Crippen MR) is 75.5 cm³/mol. The Balaban J connectivity index is 2.14. The Hall–Kier alpha value is -1.87. The summed E-state index contributed by atoms with van der Waals surface area (Å²) in [5, 5.41) is 11.0. The van der Waals surface area contributed by atoms with E-state index in [1.165, 1.54) is 13.2 Å². The van der Waals surface area contributed by atoms with Gasteiger partial charge in [-0.25, -0.2) is 4.39 Å². The number of aryl methyl sites for hydroxylation is 2. The molecule has 0 bridgehead atoms. The lowest BCUT2D eigenvalue weighted by molar-refractivity contribution is 0.0788. The standard InChI is InChI=1S/C17H17FO2/c1-11-3-4-12-7-8-17(19,15(12)9-11)14-6-5-13(20-2)10-16(14)18/h3-6,9-10,19H,7-8H2,1-2H3. The van der Waals surface area contributed by atoms with Crippen LogP contribution in [0.25, 0.3) is 0 Å². The summed E-state index contributed by atoms with van der Waals surface area (Å²) in [6.45, 7) is 1.98. The van der Waals surface area contributed by atoms with E-state index >= 15 is 0 Å². The summed E-state index contributed by atoms with van der Waals surface area (Å²) in [6.07, 6.45) is 1.27. The molecule has 0 saturated carbocycles. The number of fused-ring (bicyclic) bond motifs is 1. The Morgan fingerprint density at radius 2 is 1.95 bits per heavy atom. The van der Waals surface area contributed by atoms with Gasteiger partial charge in [0, 0.05) is 11.6 Å². The smallest absolute Gasteiger partial charge is 0.133 e. The van der Waals surface area contributed by atoms with Crippen LogP contribution in [0.2, 0.25) is 0 Å². The van der Waals surface area contributed by atoms with Crippen molar-refractivity contribution in [3.63, 3.8) is 0 Å².